The van der Waals surface area contributed by atoms with Gasteiger partial charge in [-0.3, -0.25) is 19.8 Å². The lowest BCUT2D eigenvalue weighted by Crippen LogP contribution is -2.52. The Morgan fingerprint density at radius 1 is 1.15 bits per heavy atom. The number of piperazine rings is 1. The zero-order valence-electron chi connectivity index (χ0n) is 15.0. The number of aromatic hydroxyl groups is 1. The molecule has 142 valence electrons. The lowest BCUT2D eigenvalue weighted by Gasteiger charge is -2.38. The predicted octanol–water partition coefficient (Wildman–Crippen LogP) is 2.45. The average molecular weight is 370 g/mol. The number of benzene rings is 2. The maximum Gasteiger partial charge on any atom is 0.271 e. The molecule has 0 radical (unpaired) electrons. The number of phenols is 1. The summed E-state index contributed by atoms with van der Waals surface area (Å²) < 4.78 is 0. The highest BCUT2D eigenvalue weighted by Gasteiger charge is 2.26. The molecule has 1 atom stereocenters. The fourth-order valence-corrected chi connectivity index (χ4v) is 3.14. The molecule has 1 amide bonds. The molecule has 3 rings (SSSR count). The highest BCUT2D eigenvalue weighted by molar-refractivity contribution is 5.94. The molecule has 2 aromatic carbocycles. The number of amides is 1. The number of hydrogen-bond acceptors (Lipinski definition) is 6. The minimum Gasteiger partial charge on any atom is -0.508 e. The molecule has 1 heterocycles. The van der Waals surface area contributed by atoms with Gasteiger partial charge in [-0.1, -0.05) is 6.07 Å². The van der Waals surface area contributed by atoms with E-state index >= 15 is 0 Å². The van der Waals surface area contributed by atoms with Crippen molar-refractivity contribution in [1.29, 1.82) is 0 Å². The number of carbonyl (C=O) groups is 1. The number of nitrogens with one attached hydrogen (secondary N) is 1. The van der Waals surface area contributed by atoms with Gasteiger partial charge in [-0.05, 0) is 37.3 Å². The van der Waals surface area contributed by atoms with Crippen LogP contribution in [0.15, 0.2) is 48.5 Å². The van der Waals surface area contributed by atoms with Gasteiger partial charge in [-0.25, -0.2) is 0 Å². The molecule has 0 spiro atoms. The number of non-ortho nitro benzene ring substituents is 1. The molecule has 8 heteroatoms. The molecule has 2 N–H and O–H groups in total. The SMILES string of the molecule is CC(C(=O)Nc1cccc([N+](=O)[O-])c1)N1CCN(c2ccc(O)cc2)CC1. The van der Waals surface area contributed by atoms with Gasteiger partial charge < -0.3 is 15.3 Å². The Hall–Kier alpha value is -3.13. The largest absolute Gasteiger partial charge is 0.508 e. The molecule has 0 bridgehead atoms. The van der Waals surface area contributed by atoms with E-state index in [0.29, 0.717) is 5.69 Å². The van der Waals surface area contributed by atoms with Gasteiger partial charge in [-0.15, -0.1) is 0 Å². The Kier molecular flexibility index (Phi) is 5.56. The minimum atomic E-state index is -0.484. The predicted molar refractivity (Wildman–Crippen MR) is 103 cm³/mol. The Labute approximate surface area is 157 Å². The van der Waals surface area contributed by atoms with Crippen molar-refractivity contribution in [2.75, 3.05) is 36.4 Å². The van der Waals surface area contributed by atoms with Gasteiger partial charge in [0, 0.05) is 49.7 Å². The maximum absolute atomic E-state index is 12.5. The van der Waals surface area contributed by atoms with E-state index in [4.69, 9.17) is 0 Å². The average Bonchev–Trinajstić information content (AvgIpc) is 2.68. The van der Waals surface area contributed by atoms with Crippen molar-refractivity contribution >= 4 is 23.0 Å². The summed E-state index contributed by atoms with van der Waals surface area (Å²) in [7, 11) is 0. The minimum absolute atomic E-state index is 0.0528. The Bertz CT molecular complexity index is 817. The third-order valence-corrected chi connectivity index (χ3v) is 4.78. The smallest absolute Gasteiger partial charge is 0.271 e. The summed E-state index contributed by atoms with van der Waals surface area (Å²) in [5.41, 5.74) is 1.41. The molecule has 0 aromatic heterocycles. The van der Waals surface area contributed by atoms with Gasteiger partial charge in [0.15, 0.2) is 0 Å². The summed E-state index contributed by atoms with van der Waals surface area (Å²) in [4.78, 5) is 27.2. The maximum atomic E-state index is 12.5. The molecular formula is C19H22N4O4. The van der Waals surface area contributed by atoms with Crippen LogP contribution in [0.4, 0.5) is 17.1 Å². The zero-order chi connectivity index (χ0) is 19.4. The fourth-order valence-electron chi connectivity index (χ4n) is 3.14. The van der Waals surface area contributed by atoms with E-state index < -0.39 is 4.92 Å². The van der Waals surface area contributed by atoms with Crippen LogP contribution < -0.4 is 10.2 Å². The first kappa shape index (κ1) is 18.7. The second kappa shape index (κ2) is 8.05. The summed E-state index contributed by atoms with van der Waals surface area (Å²) in [5, 5.41) is 23.0. The molecule has 1 aliphatic heterocycles. The van der Waals surface area contributed by atoms with Gasteiger partial charge in [0.25, 0.3) is 5.69 Å². The summed E-state index contributed by atoms with van der Waals surface area (Å²) >= 11 is 0. The fraction of sp³-hybridized carbons (Fsp3) is 0.316. The molecule has 1 unspecified atom stereocenters. The van der Waals surface area contributed by atoms with E-state index in [0.717, 1.165) is 31.9 Å². The van der Waals surface area contributed by atoms with Crippen molar-refractivity contribution in [2.24, 2.45) is 0 Å². The van der Waals surface area contributed by atoms with Crippen molar-refractivity contribution in [3.8, 4) is 5.75 Å². The Morgan fingerprint density at radius 3 is 2.44 bits per heavy atom. The summed E-state index contributed by atoms with van der Waals surface area (Å²) in [6.07, 6.45) is 0. The van der Waals surface area contributed by atoms with Gasteiger partial charge in [0.2, 0.25) is 5.91 Å². The van der Waals surface area contributed by atoms with Crippen LogP contribution in [0.2, 0.25) is 0 Å². The topological polar surface area (TPSA) is 98.9 Å². The molecular weight excluding hydrogens is 348 g/mol. The van der Waals surface area contributed by atoms with Crippen LogP contribution in [-0.2, 0) is 4.79 Å². The monoisotopic (exact) mass is 370 g/mol. The number of phenolic OH excluding ortho intramolecular Hbond substituents is 1. The van der Waals surface area contributed by atoms with Gasteiger partial charge in [-0.2, -0.15) is 0 Å². The number of anilines is 2. The van der Waals surface area contributed by atoms with Gasteiger partial charge >= 0.3 is 0 Å². The number of rotatable bonds is 5. The molecule has 2 aromatic rings. The van der Waals surface area contributed by atoms with Crippen LogP contribution >= 0.6 is 0 Å². The third kappa shape index (κ3) is 4.53. The van der Waals surface area contributed by atoms with E-state index in [9.17, 15) is 20.0 Å². The molecule has 0 saturated carbocycles. The summed E-state index contributed by atoms with van der Waals surface area (Å²) in [5.74, 6) is 0.0532. The van der Waals surface area contributed by atoms with Crippen molar-refractivity contribution in [3.05, 3.63) is 58.6 Å². The lowest BCUT2D eigenvalue weighted by molar-refractivity contribution is -0.384. The van der Waals surface area contributed by atoms with E-state index in [1.807, 2.05) is 19.1 Å². The van der Waals surface area contributed by atoms with Crippen LogP contribution in [0.3, 0.4) is 0 Å². The quantitative estimate of drug-likeness (QED) is 0.620. The second-order valence-corrected chi connectivity index (χ2v) is 6.51. The number of nitrogens with zero attached hydrogens (tertiary/aromatic N) is 3. The molecule has 1 aliphatic rings. The van der Waals surface area contributed by atoms with Crippen molar-refractivity contribution in [1.82, 2.24) is 4.90 Å². The third-order valence-electron chi connectivity index (χ3n) is 4.78. The van der Waals surface area contributed by atoms with E-state index in [1.165, 1.54) is 12.1 Å². The first-order chi connectivity index (χ1) is 12.9. The second-order valence-electron chi connectivity index (χ2n) is 6.51. The molecule has 8 nitrogen and oxygen atoms in total. The van der Waals surface area contributed by atoms with E-state index in [1.54, 1.807) is 24.3 Å². The molecule has 27 heavy (non-hydrogen) atoms. The van der Waals surface area contributed by atoms with Crippen LogP contribution in [0.25, 0.3) is 0 Å². The van der Waals surface area contributed by atoms with Crippen LogP contribution in [0, 0.1) is 10.1 Å². The zero-order valence-corrected chi connectivity index (χ0v) is 15.0. The Balaban J connectivity index is 1.56. The van der Waals surface area contributed by atoms with Crippen molar-refractivity contribution in [3.63, 3.8) is 0 Å². The summed E-state index contributed by atoms with van der Waals surface area (Å²) in [6, 6.07) is 12.7. The number of hydrogen-bond donors (Lipinski definition) is 2. The number of carbonyl (C=O) groups excluding carboxylic acids is 1. The standard InChI is InChI=1S/C19H22N4O4/c1-14(19(25)20-15-3-2-4-17(13-15)23(26)27)21-9-11-22(12-10-21)16-5-7-18(24)8-6-16/h2-8,13-14,24H,9-12H2,1H3,(H,20,25). The normalized spacial score (nSPS) is 16.0. The summed E-state index contributed by atoms with van der Waals surface area (Å²) in [6.45, 7) is 4.84. The van der Waals surface area contributed by atoms with E-state index in [-0.39, 0.29) is 23.4 Å². The number of nitro benzene ring substituents is 1. The van der Waals surface area contributed by atoms with Crippen LogP contribution in [-0.4, -0.2) is 53.1 Å². The van der Waals surface area contributed by atoms with Crippen molar-refractivity contribution < 1.29 is 14.8 Å². The molecule has 0 aliphatic carbocycles. The van der Waals surface area contributed by atoms with Gasteiger partial charge in [0.1, 0.15) is 5.75 Å². The first-order valence-corrected chi connectivity index (χ1v) is 8.77. The highest BCUT2D eigenvalue weighted by atomic mass is 16.6. The first-order valence-electron chi connectivity index (χ1n) is 8.77. The highest BCUT2D eigenvalue weighted by Crippen LogP contribution is 2.21. The molecule has 1 fully saturated rings. The van der Waals surface area contributed by atoms with E-state index in [2.05, 4.69) is 15.1 Å². The Morgan fingerprint density at radius 2 is 1.81 bits per heavy atom. The molecule has 1 saturated heterocycles. The van der Waals surface area contributed by atoms with Crippen LogP contribution in [0.5, 0.6) is 5.75 Å². The van der Waals surface area contributed by atoms with Crippen LogP contribution in [0.1, 0.15) is 6.92 Å². The van der Waals surface area contributed by atoms with Gasteiger partial charge in [0.05, 0.1) is 11.0 Å². The van der Waals surface area contributed by atoms with Crippen molar-refractivity contribution in [2.45, 2.75) is 13.0 Å². The lowest BCUT2D eigenvalue weighted by atomic mass is 10.2. The number of nitro groups is 1.